The number of likely N-dealkylation sites (tertiary alicyclic amines) is 1. The number of ether oxygens (including phenoxy) is 2. The van der Waals surface area contributed by atoms with Crippen LogP contribution in [0.5, 0.6) is 11.5 Å². The highest BCUT2D eigenvalue weighted by atomic mass is 16.6. The summed E-state index contributed by atoms with van der Waals surface area (Å²) < 4.78 is 13.1. The molecule has 3 aromatic rings. The van der Waals surface area contributed by atoms with E-state index in [1.165, 1.54) is 0 Å². The van der Waals surface area contributed by atoms with E-state index in [1.54, 1.807) is 35.6 Å². The number of aryl methyl sites for hydroxylation is 1. The van der Waals surface area contributed by atoms with Gasteiger partial charge in [-0.25, -0.2) is 4.98 Å². The first-order chi connectivity index (χ1) is 17.4. The maximum absolute atomic E-state index is 13.3. The second kappa shape index (κ2) is 9.77. The summed E-state index contributed by atoms with van der Waals surface area (Å²) in [6.07, 6.45) is 5.90. The molecule has 0 saturated carbocycles. The molecule has 0 aliphatic carbocycles. The molecule has 0 spiro atoms. The van der Waals surface area contributed by atoms with Gasteiger partial charge in [-0.3, -0.25) is 9.59 Å². The van der Waals surface area contributed by atoms with Crippen molar-refractivity contribution in [3.8, 4) is 11.5 Å². The molecule has 0 bridgehead atoms. The minimum atomic E-state index is -0.711. The second-order valence-electron chi connectivity index (χ2n) is 8.99. The highest BCUT2D eigenvalue weighted by molar-refractivity contribution is 6.46. The van der Waals surface area contributed by atoms with Gasteiger partial charge in [0.2, 0.25) is 0 Å². The van der Waals surface area contributed by atoms with E-state index in [2.05, 4.69) is 4.98 Å². The number of benzene rings is 2. The van der Waals surface area contributed by atoms with E-state index >= 15 is 0 Å². The normalized spacial score (nSPS) is 18.5. The Kier molecular flexibility index (Phi) is 6.37. The summed E-state index contributed by atoms with van der Waals surface area (Å²) in [5.74, 6) is -0.488. The first-order valence-corrected chi connectivity index (χ1v) is 11.9. The van der Waals surface area contributed by atoms with Gasteiger partial charge in [0.15, 0.2) is 11.5 Å². The van der Waals surface area contributed by atoms with Crippen molar-refractivity contribution in [2.45, 2.75) is 19.0 Å². The number of hydrogen-bond donors (Lipinski definition) is 1. The van der Waals surface area contributed by atoms with Crippen LogP contribution in [0.2, 0.25) is 0 Å². The number of aromatic nitrogens is 2. The third-order valence-corrected chi connectivity index (χ3v) is 6.46. The maximum Gasteiger partial charge on any atom is 0.295 e. The summed E-state index contributed by atoms with van der Waals surface area (Å²) in [6, 6.07) is 12.0. The van der Waals surface area contributed by atoms with Crippen molar-refractivity contribution in [3.05, 3.63) is 77.9 Å². The summed E-state index contributed by atoms with van der Waals surface area (Å²) in [7, 11) is 3.89. The zero-order chi connectivity index (χ0) is 25.2. The number of aliphatic hydroxyl groups excluding tert-OH is 1. The first-order valence-electron chi connectivity index (χ1n) is 11.9. The number of fused-ring (bicyclic) bond motifs is 1. The van der Waals surface area contributed by atoms with Crippen LogP contribution < -0.4 is 14.4 Å². The average molecular weight is 489 g/mol. The number of carbonyl (C=O) groups is 2. The lowest BCUT2D eigenvalue weighted by Gasteiger charge is -2.26. The molecular weight excluding hydrogens is 460 g/mol. The zero-order valence-corrected chi connectivity index (χ0v) is 20.3. The summed E-state index contributed by atoms with van der Waals surface area (Å²) in [5.41, 5.74) is 2.20. The molecule has 2 aromatic carbocycles. The predicted octanol–water partition coefficient (Wildman–Crippen LogP) is 3.23. The number of nitrogens with zero attached hydrogens (tertiary/aromatic N) is 4. The number of imidazole rings is 1. The molecule has 1 N–H and O–H groups in total. The molecule has 1 aromatic heterocycles. The van der Waals surface area contributed by atoms with Crippen LogP contribution in [0, 0.1) is 0 Å². The fourth-order valence-corrected chi connectivity index (χ4v) is 4.60. The van der Waals surface area contributed by atoms with Crippen molar-refractivity contribution >= 4 is 23.1 Å². The molecule has 36 heavy (non-hydrogen) atoms. The number of rotatable bonds is 7. The number of carbonyl (C=O) groups excluding carboxylic acids is 2. The third kappa shape index (κ3) is 4.39. The molecule has 9 heteroatoms. The summed E-state index contributed by atoms with van der Waals surface area (Å²) >= 11 is 0. The molecular formula is C27H28N4O5. The van der Waals surface area contributed by atoms with Crippen molar-refractivity contribution in [3.63, 3.8) is 0 Å². The molecule has 0 radical (unpaired) electrons. The lowest BCUT2D eigenvalue weighted by molar-refractivity contribution is -0.139. The zero-order valence-electron chi connectivity index (χ0n) is 20.3. The maximum atomic E-state index is 13.3. The molecule has 1 unspecified atom stereocenters. The SMILES string of the molecule is CN(C)c1ccc(C2C(=C(O)c3ccc4c(c3)OCCO4)C(=O)C(=O)N2CCCn2ccnc2)cc1. The minimum absolute atomic E-state index is 0.0666. The van der Waals surface area contributed by atoms with Crippen LogP contribution in [0.1, 0.15) is 23.6 Å². The number of Topliss-reactive ketones (excluding diaryl/α,β-unsaturated/α-hetero) is 1. The fraction of sp³-hybridized carbons (Fsp3) is 0.296. The highest BCUT2D eigenvalue weighted by Crippen LogP contribution is 2.41. The Morgan fingerprint density at radius 3 is 2.50 bits per heavy atom. The molecule has 2 aliphatic heterocycles. The molecule has 1 saturated heterocycles. The minimum Gasteiger partial charge on any atom is -0.507 e. The van der Waals surface area contributed by atoms with Crippen molar-refractivity contribution in [1.29, 1.82) is 0 Å². The van der Waals surface area contributed by atoms with Gasteiger partial charge < -0.3 is 28.9 Å². The number of ketones is 1. The van der Waals surface area contributed by atoms with Crippen LogP contribution in [0.3, 0.4) is 0 Å². The van der Waals surface area contributed by atoms with Gasteiger partial charge in [0.05, 0.1) is 17.9 Å². The Bertz CT molecular complexity index is 1300. The molecule has 1 amide bonds. The second-order valence-corrected chi connectivity index (χ2v) is 8.99. The molecule has 3 heterocycles. The lowest BCUT2D eigenvalue weighted by atomic mass is 9.95. The van der Waals surface area contributed by atoms with Gasteiger partial charge >= 0.3 is 0 Å². The van der Waals surface area contributed by atoms with Crippen LogP contribution >= 0.6 is 0 Å². The largest absolute Gasteiger partial charge is 0.507 e. The first kappa shape index (κ1) is 23.5. The number of hydrogen-bond acceptors (Lipinski definition) is 7. The van der Waals surface area contributed by atoms with Crippen LogP contribution in [-0.4, -0.2) is 65.1 Å². The third-order valence-electron chi connectivity index (χ3n) is 6.46. The predicted molar refractivity (Wildman–Crippen MR) is 134 cm³/mol. The van der Waals surface area contributed by atoms with Gasteiger partial charge in [-0.05, 0) is 42.3 Å². The Hall–Kier alpha value is -4.27. The van der Waals surface area contributed by atoms with E-state index in [1.807, 2.05) is 54.0 Å². The Morgan fingerprint density at radius 1 is 1.06 bits per heavy atom. The van der Waals surface area contributed by atoms with E-state index < -0.39 is 17.7 Å². The van der Waals surface area contributed by atoms with Gasteiger partial charge in [-0.15, -0.1) is 0 Å². The molecule has 186 valence electrons. The van der Waals surface area contributed by atoms with Gasteiger partial charge in [0, 0.05) is 50.8 Å². The Labute approximate surface area is 209 Å². The number of anilines is 1. The van der Waals surface area contributed by atoms with Crippen molar-refractivity contribution in [1.82, 2.24) is 14.5 Å². The van der Waals surface area contributed by atoms with E-state index in [9.17, 15) is 14.7 Å². The topological polar surface area (TPSA) is 97.1 Å². The molecule has 1 atom stereocenters. The lowest BCUT2D eigenvalue weighted by Crippen LogP contribution is -2.31. The molecule has 1 fully saturated rings. The number of amides is 1. The summed E-state index contributed by atoms with van der Waals surface area (Å²) in [6.45, 7) is 1.85. The van der Waals surface area contributed by atoms with Gasteiger partial charge in [0.25, 0.3) is 11.7 Å². The van der Waals surface area contributed by atoms with Crippen LogP contribution in [0.15, 0.2) is 66.8 Å². The molecule has 9 nitrogen and oxygen atoms in total. The average Bonchev–Trinajstić information content (AvgIpc) is 3.50. The smallest absolute Gasteiger partial charge is 0.295 e. The van der Waals surface area contributed by atoms with Crippen LogP contribution in [-0.2, 0) is 16.1 Å². The van der Waals surface area contributed by atoms with Crippen molar-refractivity contribution < 1.29 is 24.2 Å². The fourth-order valence-electron chi connectivity index (χ4n) is 4.60. The van der Waals surface area contributed by atoms with E-state index in [4.69, 9.17) is 9.47 Å². The Morgan fingerprint density at radius 2 is 1.81 bits per heavy atom. The van der Waals surface area contributed by atoms with Gasteiger partial charge in [-0.2, -0.15) is 0 Å². The highest BCUT2D eigenvalue weighted by Gasteiger charge is 2.45. The molecule has 2 aliphatic rings. The van der Waals surface area contributed by atoms with E-state index in [0.717, 1.165) is 11.3 Å². The van der Waals surface area contributed by atoms with Crippen molar-refractivity contribution in [2.24, 2.45) is 0 Å². The quantitative estimate of drug-likeness (QED) is 0.310. The molecule has 5 rings (SSSR count). The van der Waals surface area contributed by atoms with Gasteiger partial charge in [0.1, 0.15) is 19.0 Å². The number of aliphatic hydroxyl groups is 1. The van der Waals surface area contributed by atoms with Crippen molar-refractivity contribution in [2.75, 3.05) is 38.8 Å². The summed E-state index contributed by atoms with van der Waals surface area (Å²) in [5, 5.41) is 11.3. The van der Waals surface area contributed by atoms with Crippen LogP contribution in [0.4, 0.5) is 5.69 Å². The monoisotopic (exact) mass is 488 g/mol. The van der Waals surface area contributed by atoms with Crippen LogP contribution in [0.25, 0.3) is 5.76 Å². The van der Waals surface area contributed by atoms with E-state index in [-0.39, 0.29) is 11.3 Å². The Balaban J connectivity index is 1.53. The summed E-state index contributed by atoms with van der Waals surface area (Å²) in [4.78, 5) is 34.0. The van der Waals surface area contributed by atoms with Gasteiger partial charge in [-0.1, -0.05) is 12.1 Å². The standard InChI is InChI=1S/C27H28N4O5/c1-29(2)20-7-4-18(5-8-20)24-23(25(32)19-6-9-21-22(16-19)36-15-14-35-21)26(33)27(34)31(24)12-3-11-30-13-10-28-17-30/h4-10,13,16-17,24,32H,3,11-12,14-15H2,1-2H3. The van der Waals surface area contributed by atoms with E-state index in [0.29, 0.717) is 49.8 Å².